The molecule has 1 aliphatic rings. The summed E-state index contributed by atoms with van der Waals surface area (Å²) in [6, 6.07) is 12.8. The summed E-state index contributed by atoms with van der Waals surface area (Å²) in [6.07, 6.45) is 0.777. The first-order valence-electron chi connectivity index (χ1n) is 8.78. The van der Waals surface area contributed by atoms with Crippen LogP contribution in [0.4, 0.5) is 4.79 Å². The van der Waals surface area contributed by atoms with Crippen molar-refractivity contribution in [1.82, 2.24) is 15.5 Å². The Morgan fingerprint density at radius 1 is 1.19 bits per heavy atom. The molecule has 1 heterocycles. The molecule has 6 heteroatoms. The van der Waals surface area contributed by atoms with Crippen LogP contribution in [0, 0.1) is 0 Å². The molecule has 4 amide bonds. The van der Waals surface area contributed by atoms with Crippen molar-refractivity contribution in [3.05, 3.63) is 48.0 Å². The highest BCUT2D eigenvalue weighted by atomic mass is 16.2. The zero-order chi connectivity index (χ0) is 18.9. The van der Waals surface area contributed by atoms with Gasteiger partial charge < -0.3 is 10.6 Å². The molecule has 2 aromatic rings. The Morgan fingerprint density at radius 3 is 2.62 bits per heavy atom. The molecule has 3 rings (SSSR count). The second kappa shape index (κ2) is 6.78. The molecule has 2 N–H and O–H groups in total. The first kappa shape index (κ1) is 17.9. The Kier molecular flexibility index (Phi) is 4.68. The van der Waals surface area contributed by atoms with E-state index in [9.17, 15) is 14.4 Å². The minimum absolute atomic E-state index is 0.00674. The van der Waals surface area contributed by atoms with Crippen molar-refractivity contribution >= 4 is 28.6 Å². The molecule has 2 aromatic carbocycles. The van der Waals surface area contributed by atoms with Crippen molar-refractivity contribution in [2.45, 2.75) is 38.8 Å². The van der Waals surface area contributed by atoms with Gasteiger partial charge in [0.05, 0.1) is 0 Å². The summed E-state index contributed by atoms with van der Waals surface area (Å²) in [5, 5.41) is 7.44. The molecule has 26 heavy (non-hydrogen) atoms. The van der Waals surface area contributed by atoms with Crippen LogP contribution in [-0.2, 0) is 15.1 Å². The summed E-state index contributed by atoms with van der Waals surface area (Å²) >= 11 is 0. The van der Waals surface area contributed by atoms with Crippen molar-refractivity contribution in [3.63, 3.8) is 0 Å². The van der Waals surface area contributed by atoms with E-state index in [2.05, 4.69) is 10.6 Å². The third-order valence-electron chi connectivity index (χ3n) is 4.92. The lowest BCUT2D eigenvalue weighted by Crippen LogP contribution is -2.44. The highest BCUT2D eigenvalue weighted by molar-refractivity contribution is 6.10. The minimum Gasteiger partial charge on any atom is -0.352 e. The third-order valence-corrected chi connectivity index (χ3v) is 4.92. The van der Waals surface area contributed by atoms with Gasteiger partial charge in [0.2, 0.25) is 5.91 Å². The molecule has 1 fully saturated rings. The molecule has 0 aromatic heterocycles. The van der Waals surface area contributed by atoms with Gasteiger partial charge in [-0.2, -0.15) is 0 Å². The number of carbonyl (C=O) groups excluding carboxylic acids is 3. The number of rotatable bonds is 5. The Labute approximate surface area is 152 Å². The molecule has 6 nitrogen and oxygen atoms in total. The molecule has 0 radical (unpaired) electrons. The first-order valence-corrected chi connectivity index (χ1v) is 8.78. The SMILES string of the molecule is CCC(C)NC(=O)CN1C(=O)NC(C)(c2cccc3ccccc23)C1=O. The van der Waals surface area contributed by atoms with Crippen molar-refractivity contribution in [1.29, 1.82) is 0 Å². The summed E-state index contributed by atoms with van der Waals surface area (Å²) in [5.74, 6) is -0.761. The topological polar surface area (TPSA) is 78.5 Å². The maximum absolute atomic E-state index is 13.0. The summed E-state index contributed by atoms with van der Waals surface area (Å²) in [7, 11) is 0. The Balaban J connectivity index is 1.91. The number of urea groups is 1. The molecule has 2 atom stereocenters. The van der Waals surface area contributed by atoms with Crippen molar-refractivity contribution in [2.75, 3.05) is 6.54 Å². The van der Waals surface area contributed by atoms with Gasteiger partial charge in [-0.1, -0.05) is 49.4 Å². The average Bonchev–Trinajstić information content (AvgIpc) is 2.85. The van der Waals surface area contributed by atoms with Gasteiger partial charge in [0.15, 0.2) is 0 Å². The largest absolute Gasteiger partial charge is 0.352 e. The standard InChI is InChI=1S/C20H23N3O3/c1-4-13(2)21-17(24)12-23-18(25)20(3,22-19(23)26)16-11-7-9-14-8-5-6-10-15(14)16/h5-11,13H,4,12H2,1-3H3,(H,21,24)(H,22,26). The Hall–Kier alpha value is -2.89. The number of amides is 4. The van der Waals surface area contributed by atoms with Crippen molar-refractivity contribution in [2.24, 2.45) is 0 Å². The smallest absolute Gasteiger partial charge is 0.325 e. The fraction of sp³-hybridized carbons (Fsp3) is 0.350. The number of hydrogen-bond donors (Lipinski definition) is 2. The van der Waals surface area contributed by atoms with Crippen molar-refractivity contribution < 1.29 is 14.4 Å². The number of benzene rings is 2. The maximum atomic E-state index is 13.0. The number of carbonyl (C=O) groups is 3. The predicted molar refractivity (Wildman–Crippen MR) is 99.4 cm³/mol. The highest BCUT2D eigenvalue weighted by Crippen LogP contribution is 2.33. The van der Waals surface area contributed by atoms with Crippen LogP contribution in [0.2, 0.25) is 0 Å². The molecule has 0 spiro atoms. The van der Waals surface area contributed by atoms with E-state index in [1.54, 1.807) is 6.92 Å². The zero-order valence-electron chi connectivity index (χ0n) is 15.2. The predicted octanol–water partition coefficient (Wildman–Crippen LogP) is 2.52. The van der Waals surface area contributed by atoms with E-state index in [1.807, 2.05) is 56.3 Å². The van der Waals surface area contributed by atoms with Crippen LogP contribution in [0.15, 0.2) is 42.5 Å². The van der Waals surface area contributed by atoms with Crippen LogP contribution in [0.25, 0.3) is 10.8 Å². The lowest BCUT2D eigenvalue weighted by Gasteiger charge is -2.24. The van der Waals surface area contributed by atoms with Crippen LogP contribution >= 0.6 is 0 Å². The molecule has 1 saturated heterocycles. The molecule has 0 aliphatic carbocycles. The van der Waals surface area contributed by atoms with E-state index in [0.717, 1.165) is 27.7 Å². The number of hydrogen-bond acceptors (Lipinski definition) is 3. The van der Waals surface area contributed by atoms with Crippen LogP contribution in [-0.4, -0.2) is 35.3 Å². The minimum atomic E-state index is -1.20. The summed E-state index contributed by atoms with van der Waals surface area (Å²) in [4.78, 5) is 38.6. The monoisotopic (exact) mass is 353 g/mol. The fourth-order valence-electron chi connectivity index (χ4n) is 3.25. The number of nitrogens with one attached hydrogen (secondary N) is 2. The fourth-order valence-corrected chi connectivity index (χ4v) is 3.25. The van der Waals surface area contributed by atoms with Gasteiger partial charge in [-0.25, -0.2) is 4.79 Å². The number of nitrogens with zero attached hydrogens (tertiary/aromatic N) is 1. The molecule has 136 valence electrons. The highest BCUT2D eigenvalue weighted by Gasteiger charge is 2.50. The first-order chi connectivity index (χ1) is 12.4. The van der Waals surface area contributed by atoms with E-state index in [0.29, 0.717) is 0 Å². The average molecular weight is 353 g/mol. The van der Waals surface area contributed by atoms with E-state index >= 15 is 0 Å². The van der Waals surface area contributed by atoms with E-state index < -0.39 is 17.5 Å². The summed E-state index contributed by atoms with van der Waals surface area (Å²) in [6.45, 7) is 5.23. The van der Waals surface area contributed by atoms with Gasteiger partial charge in [-0.05, 0) is 36.6 Å². The lowest BCUT2D eigenvalue weighted by atomic mass is 9.88. The molecule has 0 saturated carbocycles. The van der Waals surface area contributed by atoms with Gasteiger partial charge >= 0.3 is 6.03 Å². The van der Waals surface area contributed by atoms with Crippen LogP contribution < -0.4 is 10.6 Å². The maximum Gasteiger partial charge on any atom is 0.325 e. The Bertz CT molecular complexity index is 874. The number of imide groups is 1. The second-order valence-corrected chi connectivity index (χ2v) is 6.85. The van der Waals surface area contributed by atoms with Crippen molar-refractivity contribution in [3.8, 4) is 0 Å². The molecule has 0 bridgehead atoms. The molecule has 2 unspecified atom stereocenters. The van der Waals surface area contributed by atoms with Gasteiger partial charge in [-0.15, -0.1) is 0 Å². The number of fused-ring (bicyclic) bond motifs is 1. The van der Waals surface area contributed by atoms with E-state index in [-0.39, 0.29) is 18.5 Å². The summed E-state index contributed by atoms with van der Waals surface area (Å²) < 4.78 is 0. The normalized spacial score (nSPS) is 21.0. The van der Waals surface area contributed by atoms with E-state index in [4.69, 9.17) is 0 Å². The quantitative estimate of drug-likeness (QED) is 0.811. The van der Waals surface area contributed by atoms with E-state index in [1.165, 1.54) is 0 Å². The lowest BCUT2D eigenvalue weighted by molar-refractivity contribution is -0.135. The second-order valence-electron chi connectivity index (χ2n) is 6.85. The van der Waals surface area contributed by atoms with Gasteiger partial charge in [0, 0.05) is 6.04 Å². The van der Waals surface area contributed by atoms with Gasteiger partial charge in [0.25, 0.3) is 5.91 Å². The Morgan fingerprint density at radius 2 is 1.88 bits per heavy atom. The van der Waals surface area contributed by atoms with Crippen LogP contribution in [0.1, 0.15) is 32.8 Å². The zero-order valence-corrected chi connectivity index (χ0v) is 15.2. The van der Waals surface area contributed by atoms with Gasteiger partial charge in [0.1, 0.15) is 12.1 Å². The molecular weight excluding hydrogens is 330 g/mol. The molecular formula is C20H23N3O3. The third kappa shape index (κ3) is 3.03. The summed E-state index contributed by atoms with van der Waals surface area (Å²) in [5.41, 5.74) is -0.479. The van der Waals surface area contributed by atoms with Crippen LogP contribution in [0.5, 0.6) is 0 Å². The van der Waals surface area contributed by atoms with Crippen LogP contribution in [0.3, 0.4) is 0 Å². The van der Waals surface area contributed by atoms with Gasteiger partial charge in [-0.3, -0.25) is 14.5 Å². The molecule has 1 aliphatic heterocycles.